The third-order valence-electron chi connectivity index (χ3n) is 12.0. The Kier molecular flexibility index (Phi) is 17.3. The van der Waals surface area contributed by atoms with Crippen LogP contribution in [0.3, 0.4) is 0 Å². The zero-order valence-corrected chi connectivity index (χ0v) is 40.7. The third kappa shape index (κ3) is 13.3. The number of esters is 1. The Morgan fingerprint density at radius 3 is 1.84 bits per heavy atom. The molecule has 0 fully saturated rings. The largest absolute Gasteiger partial charge is 0.420 e. The zero-order valence-electron chi connectivity index (χ0n) is 37.4. The fraction of sp³-hybridized carbons (Fsp3) is 0.409. The lowest BCUT2D eigenvalue weighted by Crippen LogP contribution is -2.32. The predicted octanol–water partition coefficient (Wildman–Crippen LogP) is 7.02. The molecule has 17 nitrogen and oxygen atoms in total. The number of carbonyl (C=O) groups is 1. The van der Waals surface area contributed by atoms with Gasteiger partial charge in [-0.05, 0) is 94.3 Å². The second-order valence-electron chi connectivity index (χ2n) is 16.8. The van der Waals surface area contributed by atoms with Crippen LogP contribution in [0.2, 0.25) is 0 Å². The summed E-state index contributed by atoms with van der Waals surface area (Å²) in [6.07, 6.45) is 8.45. The van der Waals surface area contributed by atoms with Crippen molar-refractivity contribution in [2.24, 2.45) is 0 Å². The number of benzene rings is 3. The first-order valence-electron chi connectivity index (χ1n) is 21.2. The van der Waals surface area contributed by atoms with Gasteiger partial charge in [0.2, 0.25) is 23.1 Å². The number of fused-ring (bicyclic) bond motifs is 2. The Morgan fingerprint density at radius 1 is 0.710 bits per heavy atom. The van der Waals surface area contributed by atoms with Gasteiger partial charge < -0.3 is 14.4 Å². The first kappa shape index (κ1) is 55.1. The average molecular weight is 1050 g/mol. The first-order chi connectivity index (χ1) is 32.0. The van der Waals surface area contributed by atoms with Gasteiger partial charge in [-0.2, -0.15) is 47.0 Å². The van der Waals surface area contributed by atoms with Crippen LogP contribution < -0.4 is 9.64 Å². The second kappa shape index (κ2) is 21.6. The molecule has 0 radical (unpaired) electrons. The van der Waals surface area contributed by atoms with Crippen LogP contribution >= 0.6 is 0 Å². The molecule has 3 aromatic carbocycles. The summed E-state index contributed by atoms with van der Waals surface area (Å²) in [5.41, 5.74) is 0.629. The molecule has 2 heterocycles. The highest BCUT2D eigenvalue weighted by molar-refractivity contribution is 7.86. The normalized spacial score (nSPS) is 19.3. The van der Waals surface area contributed by atoms with E-state index in [4.69, 9.17) is 4.74 Å². The summed E-state index contributed by atoms with van der Waals surface area (Å²) in [6, 6.07) is 7.85. The van der Waals surface area contributed by atoms with Crippen LogP contribution in [-0.2, 0) is 60.8 Å². The molecule has 25 heteroatoms. The van der Waals surface area contributed by atoms with Crippen LogP contribution in [0.5, 0.6) is 5.75 Å². The van der Waals surface area contributed by atoms with Gasteiger partial charge in [0.1, 0.15) is 6.54 Å². The number of anilines is 1. The smallest absolute Gasteiger partial charge is 0.311 e. The van der Waals surface area contributed by atoms with Gasteiger partial charge in [-0.3, -0.25) is 23.0 Å². The molecule has 5 rings (SSSR count). The molecule has 4 N–H and O–H groups in total. The van der Waals surface area contributed by atoms with Crippen molar-refractivity contribution in [2.45, 2.75) is 85.8 Å². The molecule has 0 spiro atoms. The highest BCUT2D eigenvalue weighted by Gasteiger charge is 2.48. The van der Waals surface area contributed by atoms with Crippen LogP contribution in [0.25, 0.3) is 0 Å². The van der Waals surface area contributed by atoms with E-state index in [1.54, 1.807) is 48.8 Å². The molecule has 69 heavy (non-hydrogen) atoms. The van der Waals surface area contributed by atoms with Crippen molar-refractivity contribution in [1.82, 2.24) is 0 Å². The Morgan fingerprint density at radius 2 is 1.28 bits per heavy atom. The fourth-order valence-corrected chi connectivity index (χ4v) is 10.7. The van der Waals surface area contributed by atoms with Crippen molar-refractivity contribution >= 4 is 63.5 Å². The summed E-state index contributed by atoms with van der Waals surface area (Å²) in [5.74, 6) is -11.2. The topological polar surface area (TPSA) is 259 Å². The third-order valence-corrected chi connectivity index (χ3v) is 15.3. The molecular weight excluding hydrogens is 1000 g/mol. The molecule has 0 amide bonds. The van der Waals surface area contributed by atoms with E-state index in [1.807, 2.05) is 4.90 Å². The minimum Gasteiger partial charge on any atom is -0.420 e. The molecule has 0 bridgehead atoms. The van der Waals surface area contributed by atoms with Gasteiger partial charge >= 0.3 is 5.97 Å². The van der Waals surface area contributed by atoms with E-state index >= 15 is 0 Å². The van der Waals surface area contributed by atoms with Crippen molar-refractivity contribution in [3.63, 3.8) is 0 Å². The van der Waals surface area contributed by atoms with E-state index in [-0.39, 0.29) is 64.3 Å². The number of unbranched alkanes of at least 4 members (excludes halogenated alkanes) is 2. The van der Waals surface area contributed by atoms with E-state index in [2.05, 4.69) is 4.74 Å². The molecule has 0 saturated heterocycles. The summed E-state index contributed by atoms with van der Waals surface area (Å²) < 4.78 is 203. The molecule has 378 valence electrons. The van der Waals surface area contributed by atoms with Crippen LogP contribution in [0.15, 0.2) is 88.3 Å². The van der Waals surface area contributed by atoms with Crippen molar-refractivity contribution < 1.29 is 88.3 Å². The summed E-state index contributed by atoms with van der Waals surface area (Å²) in [6.45, 7) is 4.09. The van der Waals surface area contributed by atoms with Gasteiger partial charge in [-0.1, -0.05) is 18.2 Å². The molecule has 0 aromatic heterocycles. The number of rotatable bonds is 23. The van der Waals surface area contributed by atoms with Gasteiger partial charge in [0.25, 0.3) is 40.5 Å². The molecule has 3 aromatic rings. The van der Waals surface area contributed by atoms with Gasteiger partial charge in [-0.15, -0.1) is 0 Å². The van der Waals surface area contributed by atoms with Crippen molar-refractivity contribution in [3.05, 3.63) is 113 Å². The standard InChI is InChI=1S/C44H50F4N2O15S4/c1-43(19-10-24-66(52,53)54)31-26-29(68(58,59)60)15-17-35(31)49(21-9-5-8-14-39(51)65-42-40(47)33(45)28-34(46)41(42)48)37(43)12-6-4-7-13-38-44(2,20-11-25-67(55,56)57)32-27-30(69(61,62)63)16-18-36(32)50(38)22-23-64-3/h4,6-7,12-13,15-18,26-28H,5,8-11,14,19-25H2,1-3H3,(H3-,52,53,54,55,56,57,58,59,60,61,62,63)/p+1. The summed E-state index contributed by atoms with van der Waals surface area (Å²) in [4.78, 5) is 13.4. The van der Waals surface area contributed by atoms with Crippen LogP contribution in [0.4, 0.5) is 28.9 Å². The van der Waals surface area contributed by atoms with E-state index in [9.17, 15) is 74.2 Å². The van der Waals surface area contributed by atoms with Gasteiger partial charge in [0, 0.05) is 67.1 Å². The Balaban J connectivity index is 1.52. The van der Waals surface area contributed by atoms with Gasteiger partial charge in [0.15, 0.2) is 17.3 Å². The predicted molar refractivity (Wildman–Crippen MR) is 244 cm³/mol. The minimum absolute atomic E-state index is 0.0263. The van der Waals surface area contributed by atoms with Crippen LogP contribution in [0, 0.1) is 23.3 Å². The monoisotopic (exact) mass is 1050 g/mol. The number of carbonyl (C=O) groups excluding carboxylic acids is 1. The van der Waals surface area contributed by atoms with Crippen molar-refractivity contribution in [3.8, 4) is 5.75 Å². The summed E-state index contributed by atoms with van der Waals surface area (Å²) in [5, 5.41) is 0. The number of methoxy groups -OCH3 is 1. The first-order valence-corrected chi connectivity index (χ1v) is 27.3. The quantitative estimate of drug-likeness (QED) is 0.0109. The summed E-state index contributed by atoms with van der Waals surface area (Å²) in [7, 11) is -16.8. The SMILES string of the molecule is COCCN1/C(=C/C=C/C=C/C2=[N+](CCCCCC(=O)Oc3c(F)c(F)cc(F)c3F)c3ccc(S(=O)(=O)O)cc3C2(C)CCCS(=O)(=O)O)C(C)(CCCS(=O)(=O)O)c2cc(S(=O)(=O)O)ccc21. The molecule has 0 saturated carbocycles. The Labute approximate surface area is 397 Å². The zero-order chi connectivity index (χ0) is 51.3. The maximum Gasteiger partial charge on any atom is 0.311 e. The molecule has 2 aliphatic heterocycles. The van der Waals surface area contributed by atoms with Crippen LogP contribution in [-0.4, -0.2) is 106 Å². The molecule has 2 atom stereocenters. The number of hydrogen-bond donors (Lipinski definition) is 4. The van der Waals surface area contributed by atoms with Gasteiger partial charge in [0.05, 0.1) is 33.3 Å². The molecule has 2 aliphatic rings. The lowest BCUT2D eigenvalue weighted by atomic mass is 9.76. The maximum atomic E-state index is 14.1. The fourth-order valence-electron chi connectivity index (χ4n) is 8.67. The van der Waals surface area contributed by atoms with E-state index in [1.165, 1.54) is 43.5 Å². The average Bonchev–Trinajstić information content (AvgIpc) is 3.61. The van der Waals surface area contributed by atoms with Crippen LogP contribution in [0.1, 0.15) is 76.3 Å². The van der Waals surface area contributed by atoms with Crippen molar-refractivity contribution in [2.75, 3.05) is 43.2 Å². The lowest BCUT2D eigenvalue weighted by Gasteiger charge is -2.30. The Hall–Kier alpha value is -4.86. The minimum atomic E-state index is -4.74. The second-order valence-corrected chi connectivity index (χ2v) is 22.8. The van der Waals surface area contributed by atoms with E-state index in [0.29, 0.717) is 40.3 Å². The molecule has 2 unspecified atom stereocenters. The number of halogens is 4. The highest BCUT2D eigenvalue weighted by Crippen LogP contribution is 2.51. The Bertz CT molecular complexity index is 3040. The molecule has 0 aliphatic carbocycles. The number of nitrogens with zero attached hydrogens (tertiary/aromatic N) is 2. The lowest BCUT2D eigenvalue weighted by molar-refractivity contribution is -0.438. The van der Waals surface area contributed by atoms with Crippen molar-refractivity contribution in [1.29, 1.82) is 0 Å². The number of allylic oxidation sites excluding steroid dienone is 6. The number of hydrogen-bond acceptors (Lipinski definition) is 12. The highest BCUT2D eigenvalue weighted by atomic mass is 32.2. The van der Waals surface area contributed by atoms with E-state index < -0.39 is 114 Å². The van der Waals surface area contributed by atoms with Gasteiger partial charge in [-0.25, -0.2) is 8.78 Å². The summed E-state index contributed by atoms with van der Waals surface area (Å²) >= 11 is 0. The maximum absolute atomic E-state index is 14.1. The molecular formula is C44H51F4N2O15S4+. The van der Waals surface area contributed by atoms with E-state index in [0.717, 1.165) is 0 Å². The number of ether oxygens (including phenoxy) is 2.